The van der Waals surface area contributed by atoms with Crippen LogP contribution in [0.1, 0.15) is 18.4 Å². The Kier molecular flexibility index (Phi) is 4.08. The average Bonchev–Trinajstić information content (AvgIpc) is 3.19. The first-order valence-electron chi connectivity index (χ1n) is 6.07. The van der Waals surface area contributed by atoms with Gasteiger partial charge in [0.2, 0.25) is 10.0 Å². The Balaban J connectivity index is 2.29. The van der Waals surface area contributed by atoms with Gasteiger partial charge in [0.1, 0.15) is 0 Å². The number of hydrogen-bond acceptors (Lipinski definition) is 3. The molecule has 0 aliphatic heterocycles. The van der Waals surface area contributed by atoms with Crippen molar-refractivity contribution in [3.05, 3.63) is 29.8 Å². The van der Waals surface area contributed by atoms with Gasteiger partial charge >= 0.3 is 6.18 Å². The van der Waals surface area contributed by atoms with Gasteiger partial charge in [0.05, 0.1) is 17.1 Å². The largest absolute Gasteiger partial charge is 0.416 e. The van der Waals surface area contributed by atoms with Crippen molar-refractivity contribution < 1.29 is 26.7 Å². The lowest BCUT2D eigenvalue weighted by molar-refractivity contribution is -0.137. The number of alkyl halides is 3. The summed E-state index contributed by atoms with van der Waals surface area (Å²) in [5, 5.41) is 8.92. The first-order chi connectivity index (χ1) is 9.26. The van der Waals surface area contributed by atoms with Gasteiger partial charge in [-0.2, -0.15) is 17.5 Å². The molecule has 1 aromatic carbocycles. The highest BCUT2D eigenvalue weighted by molar-refractivity contribution is 7.89. The number of sulfonamides is 1. The van der Waals surface area contributed by atoms with E-state index in [-0.39, 0.29) is 24.1 Å². The minimum atomic E-state index is -4.50. The molecule has 0 heterocycles. The van der Waals surface area contributed by atoms with Gasteiger partial charge in [-0.25, -0.2) is 8.42 Å². The number of halogens is 3. The number of aliphatic hydroxyl groups excluding tert-OH is 1. The zero-order valence-electron chi connectivity index (χ0n) is 10.5. The zero-order valence-corrected chi connectivity index (χ0v) is 11.3. The van der Waals surface area contributed by atoms with E-state index in [9.17, 15) is 21.6 Å². The van der Waals surface area contributed by atoms with Crippen LogP contribution in [0, 0.1) is 0 Å². The molecule has 1 fully saturated rings. The van der Waals surface area contributed by atoms with Crippen molar-refractivity contribution in [3.8, 4) is 0 Å². The summed E-state index contributed by atoms with van der Waals surface area (Å²) in [6, 6.07) is 3.23. The standard InChI is InChI=1S/C12H14F3NO3S/c13-12(14,15)9-1-5-11(6-2-9)20(18,19)16(7-8-17)10-3-4-10/h1-2,5-6,10,17H,3-4,7-8H2. The molecule has 0 aromatic heterocycles. The molecule has 2 rings (SSSR count). The number of benzene rings is 1. The highest BCUT2D eigenvalue weighted by Crippen LogP contribution is 2.33. The second-order valence-electron chi connectivity index (χ2n) is 4.59. The first kappa shape index (κ1) is 15.3. The van der Waals surface area contributed by atoms with E-state index in [1.165, 1.54) is 0 Å². The Bertz CT molecular complexity index is 565. The van der Waals surface area contributed by atoms with Gasteiger partial charge in [-0.1, -0.05) is 0 Å². The number of rotatable bonds is 5. The van der Waals surface area contributed by atoms with Crippen molar-refractivity contribution in [1.29, 1.82) is 0 Å². The van der Waals surface area contributed by atoms with E-state index in [4.69, 9.17) is 5.11 Å². The third kappa shape index (κ3) is 3.13. The van der Waals surface area contributed by atoms with E-state index < -0.39 is 21.8 Å². The van der Waals surface area contributed by atoms with E-state index in [1.807, 2.05) is 0 Å². The average molecular weight is 309 g/mol. The maximum atomic E-state index is 12.4. The summed E-state index contributed by atoms with van der Waals surface area (Å²) < 4.78 is 63.1. The van der Waals surface area contributed by atoms with Crippen molar-refractivity contribution >= 4 is 10.0 Å². The smallest absolute Gasteiger partial charge is 0.395 e. The number of hydrogen-bond donors (Lipinski definition) is 1. The first-order valence-corrected chi connectivity index (χ1v) is 7.51. The molecule has 0 radical (unpaired) electrons. The normalized spacial score (nSPS) is 16.6. The monoisotopic (exact) mass is 309 g/mol. The summed E-state index contributed by atoms with van der Waals surface area (Å²) in [6.07, 6.45) is -3.08. The molecule has 0 unspecified atom stereocenters. The van der Waals surface area contributed by atoms with Crippen LogP contribution >= 0.6 is 0 Å². The Morgan fingerprint density at radius 2 is 1.75 bits per heavy atom. The van der Waals surface area contributed by atoms with Gasteiger partial charge in [-0.05, 0) is 37.1 Å². The summed E-state index contributed by atoms with van der Waals surface area (Å²) in [5.74, 6) is 0. The van der Waals surface area contributed by atoms with Crippen molar-refractivity contribution in [2.75, 3.05) is 13.2 Å². The minimum Gasteiger partial charge on any atom is -0.395 e. The van der Waals surface area contributed by atoms with Crippen LogP contribution in [0.25, 0.3) is 0 Å². The topological polar surface area (TPSA) is 57.6 Å². The predicted molar refractivity (Wildman–Crippen MR) is 65.4 cm³/mol. The molecular formula is C12H14F3NO3S. The van der Waals surface area contributed by atoms with E-state index in [2.05, 4.69) is 0 Å². The van der Waals surface area contributed by atoms with E-state index in [1.54, 1.807) is 0 Å². The molecule has 0 amide bonds. The van der Waals surface area contributed by atoms with Crippen molar-refractivity contribution in [3.63, 3.8) is 0 Å². The molecule has 1 N–H and O–H groups in total. The molecule has 0 saturated heterocycles. The van der Waals surface area contributed by atoms with E-state index >= 15 is 0 Å². The Labute approximate surface area is 114 Å². The highest BCUT2D eigenvalue weighted by atomic mass is 32.2. The molecule has 1 aliphatic rings. The van der Waals surface area contributed by atoms with Crippen molar-refractivity contribution in [2.24, 2.45) is 0 Å². The Morgan fingerprint density at radius 1 is 1.20 bits per heavy atom. The predicted octanol–water partition coefficient (Wildman–Crippen LogP) is 1.85. The second-order valence-corrected chi connectivity index (χ2v) is 6.48. The van der Waals surface area contributed by atoms with Crippen LogP contribution in [-0.2, 0) is 16.2 Å². The molecular weight excluding hydrogens is 295 g/mol. The van der Waals surface area contributed by atoms with Crippen molar-refractivity contribution in [1.82, 2.24) is 4.31 Å². The third-order valence-corrected chi connectivity index (χ3v) is 5.03. The van der Waals surface area contributed by atoms with Crippen LogP contribution in [0.2, 0.25) is 0 Å². The van der Waals surface area contributed by atoms with E-state index in [0.717, 1.165) is 28.6 Å². The summed E-state index contributed by atoms with van der Waals surface area (Å²) >= 11 is 0. The molecule has 1 aromatic rings. The lowest BCUT2D eigenvalue weighted by atomic mass is 10.2. The van der Waals surface area contributed by atoms with Crippen LogP contribution in [-0.4, -0.2) is 37.0 Å². The summed E-state index contributed by atoms with van der Waals surface area (Å²) in [7, 11) is -3.86. The minimum absolute atomic E-state index is 0.0476. The van der Waals surface area contributed by atoms with Crippen LogP contribution in [0.15, 0.2) is 29.2 Å². The quantitative estimate of drug-likeness (QED) is 0.903. The molecule has 0 spiro atoms. The van der Waals surface area contributed by atoms with Gasteiger partial charge in [0.15, 0.2) is 0 Å². The van der Waals surface area contributed by atoms with Gasteiger partial charge in [-0.15, -0.1) is 0 Å². The molecule has 112 valence electrons. The molecule has 1 aliphatic carbocycles. The van der Waals surface area contributed by atoms with Crippen LogP contribution in [0.5, 0.6) is 0 Å². The SMILES string of the molecule is O=S(=O)(c1ccc(C(F)(F)F)cc1)N(CCO)C1CC1. The zero-order chi connectivity index (χ0) is 15.0. The summed E-state index contributed by atoms with van der Waals surface area (Å²) in [6.45, 7) is -0.371. The molecule has 8 heteroatoms. The van der Waals surface area contributed by atoms with Gasteiger partial charge in [0, 0.05) is 12.6 Å². The third-order valence-electron chi connectivity index (χ3n) is 3.06. The van der Waals surface area contributed by atoms with Crippen molar-refractivity contribution in [2.45, 2.75) is 30.0 Å². The van der Waals surface area contributed by atoms with Crippen LogP contribution < -0.4 is 0 Å². The summed E-state index contributed by atoms with van der Waals surface area (Å²) in [5.41, 5.74) is -0.892. The van der Waals surface area contributed by atoms with E-state index in [0.29, 0.717) is 12.8 Å². The fourth-order valence-electron chi connectivity index (χ4n) is 1.91. The maximum Gasteiger partial charge on any atom is 0.416 e. The highest BCUT2D eigenvalue weighted by Gasteiger charge is 2.38. The van der Waals surface area contributed by atoms with Gasteiger partial charge in [0.25, 0.3) is 0 Å². The molecule has 20 heavy (non-hydrogen) atoms. The lowest BCUT2D eigenvalue weighted by Gasteiger charge is -2.21. The maximum absolute atomic E-state index is 12.4. The Morgan fingerprint density at radius 3 is 2.15 bits per heavy atom. The van der Waals surface area contributed by atoms with Crippen LogP contribution in [0.4, 0.5) is 13.2 Å². The fourth-order valence-corrected chi connectivity index (χ4v) is 3.59. The molecule has 4 nitrogen and oxygen atoms in total. The van der Waals surface area contributed by atoms with Gasteiger partial charge < -0.3 is 5.11 Å². The number of nitrogens with zero attached hydrogens (tertiary/aromatic N) is 1. The Hall–Kier alpha value is -1.12. The molecule has 1 saturated carbocycles. The lowest BCUT2D eigenvalue weighted by Crippen LogP contribution is -2.35. The van der Waals surface area contributed by atoms with Crippen LogP contribution in [0.3, 0.4) is 0 Å². The fraction of sp³-hybridized carbons (Fsp3) is 0.500. The van der Waals surface area contributed by atoms with Gasteiger partial charge in [-0.3, -0.25) is 0 Å². The number of aliphatic hydroxyl groups is 1. The molecule has 0 bridgehead atoms. The molecule has 0 atom stereocenters. The summed E-state index contributed by atoms with van der Waals surface area (Å²) in [4.78, 5) is -0.189. The second kappa shape index (κ2) is 5.34.